The molecule has 0 aliphatic carbocycles. The van der Waals surface area contributed by atoms with Crippen LogP contribution in [0.5, 0.6) is 0 Å². The Morgan fingerprint density at radius 3 is 1.56 bits per heavy atom. The quantitative estimate of drug-likeness (QED) is 0.156. The van der Waals surface area contributed by atoms with Crippen LogP contribution in [0.2, 0.25) is 0 Å². The predicted molar refractivity (Wildman–Crippen MR) is 235 cm³/mol. The maximum Gasteiger partial charge on any atom is 0.171 e. The highest BCUT2D eigenvalue weighted by Crippen LogP contribution is 2.46. The van der Waals surface area contributed by atoms with Crippen molar-refractivity contribution in [2.24, 2.45) is 0 Å². The van der Waals surface area contributed by atoms with Crippen LogP contribution in [0.3, 0.4) is 0 Å². The third-order valence-electron chi connectivity index (χ3n) is 11.0. The highest BCUT2D eigenvalue weighted by molar-refractivity contribution is 7.85. The second-order valence-corrected chi connectivity index (χ2v) is 17.9. The van der Waals surface area contributed by atoms with E-state index in [1.54, 1.807) is 0 Å². The second-order valence-electron chi connectivity index (χ2n) is 14.1. The average molecular weight is 741 g/mol. The minimum atomic E-state index is -3.23. The number of thiophene rings is 1. The SMILES string of the molecule is O=P(c1ccccc1)(c1ccccc1)c1ccc2c3c4cc(-c5ccc6sc7ccccc7c6c5)ccc4n(-c4ccccc4)c3n(-c3ccccc3)c2c1. The van der Waals surface area contributed by atoms with Gasteiger partial charge in [-0.3, -0.25) is 9.13 Å². The first-order valence-corrected chi connectivity index (χ1v) is 21.1. The van der Waals surface area contributed by atoms with Crippen molar-refractivity contribution in [2.75, 3.05) is 0 Å². The van der Waals surface area contributed by atoms with E-state index in [1.807, 2.05) is 72.0 Å². The topological polar surface area (TPSA) is 26.9 Å². The number of hydrogen-bond donors (Lipinski definition) is 0. The smallest absolute Gasteiger partial charge is 0.171 e. The van der Waals surface area contributed by atoms with Crippen LogP contribution < -0.4 is 15.9 Å². The van der Waals surface area contributed by atoms with Crippen LogP contribution in [0.15, 0.2) is 200 Å². The molecule has 0 unspecified atom stereocenters. The molecule has 0 bridgehead atoms. The molecule has 0 radical (unpaired) electrons. The Kier molecular flexibility index (Phi) is 7.32. The monoisotopic (exact) mass is 740 g/mol. The molecule has 8 aromatic carbocycles. The molecule has 3 nitrogen and oxygen atoms in total. The van der Waals surface area contributed by atoms with Crippen LogP contribution in [-0.2, 0) is 4.57 Å². The third-order valence-corrected chi connectivity index (χ3v) is 15.2. The Balaban J connectivity index is 1.24. The summed E-state index contributed by atoms with van der Waals surface area (Å²) in [6.45, 7) is 0. The standard InChI is InChI=1S/C50H33N2OPS/c53-54(38-19-9-3-10-20-38,39-21-11-4-12-22-39)40-27-28-42-46(33-40)52(37-17-7-2-8-18-37)50-49(42)44-32-34(25-29-45(44)51(50)36-15-5-1-6-16-36)35-26-30-48-43(31-35)41-23-13-14-24-47(41)55-48/h1-33H. The van der Waals surface area contributed by atoms with Gasteiger partial charge in [0, 0.05) is 63.6 Å². The molecule has 11 aromatic rings. The van der Waals surface area contributed by atoms with Gasteiger partial charge < -0.3 is 4.57 Å². The molecule has 260 valence electrons. The number of nitrogens with zero attached hydrogens (tertiary/aromatic N) is 2. The van der Waals surface area contributed by atoms with Crippen molar-refractivity contribution in [1.82, 2.24) is 9.13 Å². The van der Waals surface area contributed by atoms with Crippen LogP contribution in [0, 0.1) is 0 Å². The fourth-order valence-corrected chi connectivity index (χ4v) is 12.2. The van der Waals surface area contributed by atoms with Gasteiger partial charge in [-0.25, -0.2) is 0 Å². The summed E-state index contributed by atoms with van der Waals surface area (Å²) in [6, 6.07) is 70.1. The van der Waals surface area contributed by atoms with E-state index < -0.39 is 7.14 Å². The normalized spacial score (nSPS) is 12.1. The number of fused-ring (bicyclic) bond motifs is 8. The molecule has 0 saturated heterocycles. The first-order valence-electron chi connectivity index (χ1n) is 18.5. The van der Waals surface area contributed by atoms with E-state index in [0.717, 1.165) is 49.4 Å². The van der Waals surface area contributed by atoms with Gasteiger partial charge in [-0.05, 0) is 71.8 Å². The fraction of sp³-hybridized carbons (Fsp3) is 0. The summed E-state index contributed by atoms with van der Waals surface area (Å²) in [6.07, 6.45) is 0. The Labute approximate surface area is 322 Å². The number of benzene rings is 8. The van der Waals surface area contributed by atoms with Crippen molar-refractivity contribution in [3.05, 3.63) is 200 Å². The van der Waals surface area contributed by atoms with Gasteiger partial charge in [0.05, 0.1) is 11.0 Å². The summed E-state index contributed by atoms with van der Waals surface area (Å²) < 4.78 is 23.1. The lowest BCUT2D eigenvalue weighted by Crippen LogP contribution is -2.25. The maximum absolute atomic E-state index is 15.7. The molecular formula is C50H33N2OPS. The first-order chi connectivity index (χ1) is 27.2. The summed E-state index contributed by atoms with van der Waals surface area (Å²) >= 11 is 1.85. The number of hydrogen-bond acceptors (Lipinski definition) is 2. The lowest BCUT2D eigenvalue weighted by atomic mass is 10.0. The van der Waals surface area contributed by atoms with E-state index >= 15 is 4.57 Å². The van der Waals surface area contributed by atoms with Crippen molar-refractivity contribution in [3.8, 4) is 22.5 Å². The molecule has 11 rings (SSSR count). The van der Waals surface area contributed by atoms with E-state index in [4.69, 9.17) is 0 Å². The Hall–Kier alpha value is -6.45. The zero-order valence-electron chi connectivity index (χ0n) is 29.7. The van der Waals surface area contributed by atoms with Crippen molar-refractivity contribution >= 4 is 87.4 Å². The average Bonchev–Trinajstić information content (AvgIpc) is 3.91. The van der Waals surface area contributed by atoms with Crippen molar-refractivity contribution in [3.63, 3.8) is 0 Å². The molecule has 0 aliphatic heterocycles. The Morgan fingerprint density at radius 1 is 0.382 bits per heavy atom. The molecule has 0 aliphatic rings. The van der Waals surface area contributed by atoms with Crippen molar-refractivity contribution in [2.45, 2.75) is 0 Å². The van der Waals surface area contributed by atoms with Gasteiger partial charge in [0.1, 0.15) is 5.65 Å². The van der Waals surface area contributed by atoms with Crippen LogP contribution in [-0.4, -0.2) is 9.13 Å². The highest BCUT2D eigenvalue weighted by atomic mass is 32.1. The van der Waals surface area contributed by atoms with Gasteiger partial charge in [0.15, 0.2) is 7.14 Å². The highest BCUT2D eigenvalue weighted by Gasteiger charge is 2.31. The molecule has 0 saturated carbocycles. The minimum absolute atomic E-state index is 0.808. The number of para-hydroxylation sites is 2. The largest absolute Gasteiger partial charge is 0.309 e. The summed E-state index contributed by atoms with van der Waals surface area (Å²) in [5.74, 6) is 0. The van der Waals surface area contributed by atoms with Crippen LogP contribution in [0.1, 0.15) is 0 Å². The van der Waals surface area contributed by atoms with Crippen LogP contribution in [0.4, 0.5) is 0 Å². The van der Waals surface area contributed by atoms with Gasteiger partial charge in [-0.15, -0.1) is 11.3 Å². The van der Waals surface area contributed by atoms with Crippen LogP contribution >= 0.6 is 18.5 Å². The fourth-order valence-electron chi connectivity index (χ4n) is 8.47. The zero-order chi connectivity index (χ0) is 36.5. The first kappa shape index (κ1) is 32.0. The predicted octanol–water partition coefficient (Wildman–Crippen LogP) is 12.4. The van der Waals surface area contributed by atoms with E-state index in [2.05, 4.69) is 149 Å². The second kappa shape index (κ2) is 12.6. The molecule has 0 atom stereocenters. The molecule has 55 heavy (non-hydrogen) atoms. The van der Waals surface area contributed by atoms with Crippen molar-refractivity contribution < 1.29 is 4.57 Å². The zero-order valence-corrected chi connectivity index (χ0v) is 31.4. The van der Waals surface area contributed by atoms with Gasteiger partial charge in [0.25, 0.3) is 0 Å². The van der Waals surface area contributed by atoms with Gasteiger partial charge in [-0.2, -0.15) is 0 Å². The van der Waals surface area contributed by atoms with Gasteiger partial charge in [0.2, 0.25) is 0 Å². The van der Waals surface area contributed by atoms with Crippen molar-refractivity contribution in [1.29, 1.82) is 0 Å². The number of aromatic nitrogens is 2. The molecule has 0 amide bonds. The Morgan fingerprint density at radius 2 is 0.909 bits per heavy atom. The minimum Gasteiger partial charge on any atom is -0.309 e. The molecule has 3 aromatic heterocycles. The lowest BCUT2D eigenvalue weighted by molar-refractivity contribution is 0.592. The molecule has 5 heteroatoms. The third kappa shape index (κ3) is 4.92. The summed E-state index contributed by atoms with van der Waals surface area (Å²) in [4.78, 5) is 0. The van der Waals surface area contributed by atoms with E-state index in [-0.39, 0.29) is 0 Å². The van der Waals surface area contributed by atoms with Gasteiger partial charge in [-0.1, -0.05) is 140 Å². The maximum atomic E-state index is 15.7. The van der Waals surface area contributed by atoms with E-state index in [9.17, 15) is 0 Å². The molecule has 3 heterocycles. The number of rotatable bonds is 6. The molecular weight excluding hydrogens is 708 g/mol. The van der Waals surface area contributed by atoms with Gasteiger partial charge >= 0.3 is 0 Å². The summed E-state index contributed by atoms with van der Waals surface area (Å²) in [5.41, 5.74) is 7.72. The summed E-state index contributed by atoms with van der Waals surface area (Å²) in [5, 5.41) is 8.50. The van der Waals surface area contributed by atoms with E-state index in [0.29, 0.717) is 0 Å². The van der Waals surface area contributed by atoms with E-state index in [1.165, 1.54) is 42.1 Å². The molecule has 0 spiro atoms. The Bertz CT molecular complexity index is 3230. The lowest BCUT2D eigenvalue weighted by Gasteiger charge is -2.20. The summed E-state index contributed by atoms with van der Waals surface area (Å²) in [7, 11) is -3.23. The molecule has 0 N–H and O–H groups in total. The molecule has 0 fully saturated rings. The van der Waals surface area contributed by atoms with Crippen LogP contribution in [0.25, 0.3) is 75.5 Å².